The van der Waals surface area contributed by atoms with Crippen molar-refractivity contribution < 1.29 is 9.53 Å². The Balaban J connectivity index is 0.00000450. The Morgan fingerprint density at radius 1 is 1.13 bits per heavy atom. The maximum Gasteiger partial charge on any atom is 0.224 e. The molecule has 1 fully saturated rings. The van der Waals surface area contributed by atoms with Crippen LogP contribution >= 0.6 is 24.0 Å². The van der Waals surface area contributed by atoms with Gasteiger partial charge in [-0.3, -0.25) is 9.79 Å². The first-order valence-corrected chi connectivity index (χ1v) is 11.0. The smallest absolute Gasteiger partial charge is 0.224 e. The first-order chi connectivity index (χ1) is 14.1. The molecule has 170 valence electrons. The van der Waals surface area contributed by atoms with Crippen LogP contribution in [0.2, 0.25) is 0 Å². The first-order valence-electron chi connectivity index (χ1n) is 11.0. The van der Waals surface area contributed by atoms with E-state index in [4.69, 9.17) is 9.73 Å². The predicted molar refractivity (Wildman–Crippen MR) is 135 cm³/mol. The van der Waals surface area contributed by atoms with E-state index in [1.54, 1.807) is 0 Å². The van der Waals surface area contributed by atoms with Gasteiger partial charge in [-0.1, -0.05) is 24.3 Å². The number of carbonyl (C=O) groups is 1. The van der Waals surface area contributed by atoms with Crippen LogP contribution in [0.5, 0.6) is 0 Å². The molecule has 1 saturated heterocycles. The number of guanidine groups is 1. The summed E-state index contributed by atoms with van der Waals surface area (Å²) in [6, 6.07) is 8.62. The molecule has 30 heavy (non-hydrogen) atoms. The highest BCUT2D eigenvalue weighted by Crippen LogP contribution is 2.37. The van der Waals surface area contributed by atoms with Gasteiger partial charge in [0.2, 0.25) is 5.91 Å². The van der Waals surface area contributed by atoms with Gasteiger partial charge < -0.3 is 20.3 Å². The van der Waals surface area contributed by atoms with Crippen LogP contribution in [0.1, 0.15) is 51.2 Å². The summed E-state index contributed by atoms with van der Waals surface area (Å²) in [6.45, 7) is 13.4. The number of hydrogen-bond donors (Lipinski definition) is 2. The Kier molecular flexibility index (Phi) is 12.3. The number of halogens is 1. The Morgan fingerprint density at radius 3 is 2.40 bits per heavy atom. The minimum atomic E-state index is 0. The lowest BCUT2D eigenvalue weighted by Crippen LogP contribution is -2.42. The number of hydrogen-bond acceptors (Lipinski definition) is 3. The quantitative estimate of drug-likeness (QED) is 0.292. The molecule has 2 rings (SSSR count). The number of benzene rings is 1. The largest absolute Gasteiger partial charge is 0.381 e. The van der Waals surface area contributed by atoms with Gasteiger partial charge in [-0.15, -0.1) is 24.0 Å². The molecular formula is C23H39IN4O2. The minimum Gasteiger partial charge on any atom is -0.381 e. The predicted octanol–water partition coefficient (Wildman–Crippen LogP) is 3.47. The van der Waals surface area contributed by atoms with Crippen molar-refractivity contribution >= 4 is 35.8 Å². The van der Waals surface area contributed by atoms with Crippen LogP contribution in [0.25, 0.3) is 0 Å². The van der Waals surface area contributed by atoms with Crippen molar-refractivity contribution in [3.63, 3.8) is 0 Å². The van der Waals surface area contributed by atoms with Crippen LogP contribution < -0.4 is 10.6 Å². The van der Waals surface area contributed by atoms with E-state index in [1.807, 2.05) is 18.7 Å². The summed E-state index contributed by atoms with van der Waals surface area (Å²) in [6.07, 6.45) is 2.42. The SMILES string of the molecule is CCNC(=NCC1(c2ccccc2C)CCOCC1)NCCC(=O)N(CC)CC.I. The number of nitrogens with one attached hydrogen (secondary N) is 2. The molecule has 0 unspecified atom stereocenters. The van der Waals surface area contributed by atoms with Gasteiger partial charge in [0, 0.05) is 51.2 Å². The zero-order chi connectivity index (χ0) is 21.1. The van der Waals surface area contributed by atoms with Crippen molar-refractivity contribution in [1.29, 1.82) is 0 Å². The van der Waals surface area contributed by atoms with Crippen molar-refractivity contribution in [2.45, 2.75) is 52.4 Å². The van der Waals surface area contributed by atoms with Gasteiger partial charge in [0.15, 0.2) is 5.96 Å². The molecule has 6 nitrogen and oxygen atoms in total. The molecule has 1 aliphatic heterocycles. The van der Waals surface area contributed by atoms with Crippen LogP contribution in [0, 0.1) is 6.92 Å². The van der Waals surface area contributed by atoms with E-state index in [9.17, 15) is 4.79 Å². The zero-order valence-electron chi connectivity index (χ0n) is 19.0. The van der Waals surface area contributed by atoms with E-state index >= 15 is 0 Å². The molecule has 0 spiro atoms. The van der Waals surface area contributed by atoms with Gasteiger partial charge in [0.25, 0.3) is 0 Å². The maximum atomic E-state index is 12.2. The van der Waals surface area contributed by atoms with Crippen molar-refractivity contribution in [2.24, 2.45) is 4.99 Å². The summed E-state index contributed by atoms with van der Waals surface area (Å²) in [7, 11) is 0. The lowest BCUT2D eigenvalue weighted by atomic mass is 9.72. The number of rotatable bonds is 9. The van der Waals surface area contributed by atoms with Crippen LogP contribution in [-0.2, 0) is 14.9 Å². The number of nitrogens with zero attached hydrogens (tertiary/aromatic N) is 2. The molecule has 0 atom stereocenters. The number of aryl methyl sites for hydroxylation is 1. The molecule has 7 heteroatoms. The lowest BCUT2D eigenvalue weighted by molar-refractivity contribution is -0.130. The van der Waals surface area contributed by atoms with E-state index in [0.717, 1.165) is 51.6 Å². The van der Waals surface area contributed by atoms with Gasteiger partial charge in [-0.25, -0.2) is 0 Å². The fraction of sp³-hybridized carbons (Fsp3) is 0.652. The average molecular weight is 530 g/mol. The Hall–Kier alpha value is -1.35. The average Bonchev–Trinajstić information content (AvgIpc) is 2.74. The molecule has 0 aliphatic carbocycles. The lowest BCUT2D eigenvalue weighted by Gasteiger charge is -2.37. The number of carbonyl (C=O) groups excluding carboxylic acids is 1. The normalized spacial score (nSPS) is 15.8. The van der Waals surface area contributed by atoms with Crippen molar-refractivity contribution in [3.05, 3.63) is 35.4 Å². The van der Waals surface area contributed by atoms with Crippen LogP contribution in [0.4, 0.5) is 0 Å². The van der Waals surface area contributed by atoms with Crippen LogP contribution in [0.15, 0.2) is 29.3 Å². The van der Waals surface area contributed by atoms with Gasteiger partial charge in [-0.05, 0) is 51.7 Å². The summed E-state index contributed by atoms with van der Waals surface area (Å²) in [5.74, 6) is 0.957. The third kappa shape index (κ3) is 7.41. The highest BCUT2D eigenvalue weighted by molar-refractivity contribution is 14.0. The van der Waals surface area contributed by atoms with Crippen molar-refractivity contribution in [1.82, 2.24) is 15.5 Å². The summed E-state index contributed by atoms with van der Waals surface area (Å²) in [5.41, 5.74) is 2.69. The molecular weight excluding hydrogens is 491 g/mol. The maximum absolute atomic E-state index is 12.2. The second-order valence-corrected chi connectivity index (χ2v) is 7.65. The topological polar surface area (TPSA) is 66.0 Å². The molecule has 2 N–H and O–H groups in total. The summed E-state index contributed by atoms with van der Waals surface area (Å²) < 4.78 is 5.65. The standard InChI is InChI=1S/C23H38N4O2.HI/c1-5-24-22(25-15-12-21(28)27(6-2)7-3)26-18-23(13-16-29-17-14-23)20-11-9-8-10-19(20)4;/h8-11H,5-7,12-18H2,1-4H3,(H2,24,25,26);1H. The Labute approximate surface area is 199 Å². The second kappa shape index (κ2) is 13.9. The highest BCUT2D eigenvalue weighted by atomic mass is 127. The van der Waals surface area contributed by atoms with E-state index < -0.39 is 0 Å². The van der Waals surface area contributed by atoms with Gasteiger partial charge in [0.05, 0.1) is 6.54 Å². The van der Waals surface area contributed by atoms with Gasteiger partial charge in [0.1, 0.15) is 0 Å². The molecule has 0 saturated carbocycles. The van der Waals surface area contributed by atoms with Gasteiger partial charge in [-0.2, -0.15) is 0 Å². The molecule has 0 radical (unpaired) electrons. The number of aliphatic imine (C=N–C) groups is 1. The Morgan fingerprint density at radius 2 is 1.80 bits per heavy atom. The van der Waals surface area contributed by atoms with Crippen LogP contribution in [-0.4, -0.2) is 62.7 Å². The number of amides is 1. The molecule has 0 aromatic heterocycles. The molecule has 1 amide bonds. The minimum absolute atomic E-state index is 0. The van der Waals surface area contributed by atoms with E-state index in [1.165, 1.54) is 11.1 Å². The van der Waals surface area contributed by atoms with Crippen molar-refractivity contribution in [3.8, 4) is 0 Å². The number of ether oxygens (including phenoxy) is 1. The molecule has 1 aromatic carbocycles. The summed E-state index contributed by atoms with van der Waals surface area (Å²) in [4.78, 5) is 19.0. The summed E-state index contributed by atoms with van der Waals surface area (Å²) in [5, 5.41) is 6.66. The Bertz CT molecular complexity index is 671. The molecule has 1 heterocycles. The molecule has 1 aliphatic rings. The van der Waals surface area contributed by atoms with Crippen molar-refractivity contribution in [2.75, 3.05) is 45.9 Å². The molecule has 0 bridgehead atoms. The van der Waals surface area contributed by atoms with Crippen LogP contribution in [0.3, 0.4) is 0 Å². The molecule has 1 aromatic rings. The fourth-order valence-corrected chi connectivity index (χ4v) is 4.04. The van der Waals surface area contributed by atoms with E-state index in [2.05, 4.69) is 48.7 Å². The van der Waals surface area contributed by atoms with E-state index in [-0.39, 0.29) is 35.3 Å². The third-order valence-corrected chi connectivity index (χ3v) is 5.80. The van der Waals surface area contributed by atoms with Gasteiger partial charge >= 0.3 is 0 Å². The second-order valence-electron chi connectivity index (χ2n) is 7.65. The monoisotopic (exact) mass is 530 g/mol. The third-order valence-electron chi connectivity index (χ3n) is 5.80. The highest BCUT2D eigenvalue weighted by Gasteiger charge is 2.35. The summed E-state index contributed by atoms with van der Waals surface area (Å²) >= 11 is 0. The fourth-order valence-electron chi connectivity index (χ4n) is 4.04. The first kappa shape index (κ1) is 26.7. The van der Waals surface area contributed by atoms with E-state index in [0.29, 0.717) is 19.5 Å². The zero-order valence-corrected chi connectivity index (χ0v) is 21.3.